The quantitative estimate of drug-likeness (QED) is 0.654. The Bertz CT molecular complexity index is 1020. The molecule has 1 saturated carbocycles. The number of thioether (sulfide) groups is 1. The van der Waals surface area contributed by atoms with Crippen LogP contribution >= 0.6 is 11.8 Å². The van der Waals surface area contributed by atoms with Crippen LogP contribution in [0.4, 0.5) is 5.69 Å². The standard InChI is InChI=1S/C26H30N2O2S/c1-17-10-8-12-21(19(17)3)27-25(29)16-28-22-13-6-7-14-23(22)31-24(26(28)30)15-20-11-5-4-9-18(20)2/h4-7,9,11,13-15,17,19,21H,8,10,12,16H2,1-3H3,(H,27,29)/b24-15-/t17-,19-,21+/m0/s1. The van der Waals surface area contributed by atoms with Gasteiger partial charge in [-0.25, -0.2) is 0 Å². The number of benzene rings is 2. The van der Waals surface area contributed by atoms with Crippen molar-refractivity contribution < 1.29 is 9.59 Å². The van der Waals surface area contributed by atoms with Crippen molar-refractivity contribution in [2.45, 2.75) is 51.0 Å². The van der Waals surface area contributed by atoms with Crippen LogP contribution in [0.25, 0.3) is 6.08 Å². The zero-order valence-electron chi connectivity index (χ0n) is 18.4. The Morgan fingerprint density at radius 1 is 1.13 bits per heavy atom. The van der Waals surface area contributed by atoms with Crippen LogP contribution in [0.1, 0.15) is 44.2 Å². The molecule has 0 saturated heterocycles. The van der Waals surface area contributed by atoms with Crippen molar-refractivity contribution in [3.05, 3.63) is 64.6 Å². The van der Waals surface area contributed by atoms with Gasteiger partial charge in [0.2, 0.25) is 5.91 Å². The number of hydrogen-bond acceptors (Lipinski definition) is 3. The highest BCUT2D eigenvalue weighted by molar-refractivity contribution is 8.04. The van der Waals surface area contributed by atoms with E-state index in [1.807, 2.05) is 61.5 Å². The van der Waals surface area contributed by atoms with Crippen molar-refractivity contribution in [2.75, 3.05) is 11.4 Å². The van der Waals surface area contributed by atoms with Gasteiger partial charge in [0.15, 0.2) is 0 Å². The highest BCUT2D eigenvalue weighted by atomic mass is 32.2. The normalized spacial score (nSPS) is 24.7. The summed E-state index contributed by atoms with van der Waals surface area (Å²) in [6.07, 6.45) is 5.31. The Labute approximate surface area is 189 Å². The largest absolute Gasteiger partial charge is 0.352 e. The van der Waals surface area contributed by atoms with Gasteiger partial charge in [-0.2, -0.15) is 0 Å². The average Bonchev–Trinajstić information content (AvgIpc) is 2.76. The topological polar surface area (TPSA) is 49.4 Å². The van der Waals surface area contributed by atoms with Crippen molar-refractivity contribution in [2.24, 2.45) is 11.8 Å². The third-order valence-corrected chi connectivity index (χ3v) is 7.74. The van der Waals surface area contributed by atoms with E-state index in [-0.39, 0.29) is 24.4 Å². The number of nitrogens with zero attached hydrogens (tertiary/aromatic N) is 1. The molecule has 2 amide bonds. The van der Waals surface area contributed by atoms with Crippen molar-refractivity contribution in [1.82, 2.24) is 5.32 Å². The van der Waals surface area contributed by atoms with E-state index in [0.29, 0.717) is 16.7 Å². The molecule has 0 radical (unpaired) electrons. The number of nitrogens with one attached hydrogen (secondary N) is 1. The highest BCUT2D eigenvalue weighted by Gasteiger charge is 2.32. The van der Waals surface area contributed by atoms with Crippen LogP contribution in [0.2, 0.25) is 0 Å². The van der Waals surface area contributed by atoms with Crippen LogP contribution in [0.15, 0.2) is 58.3 Å². The number of carbonyl (C=O) groups is 2. The Balaban J connectivity index is 1.58. The van der Waals surface area contributed by atoms with Crippen molar-refractivity contribution >= 4 is 35.3 Å². The predicted octanol–water partition coefficient (Wildman–Crippen LogP) is 5.42. The van der Waals surface area contributed by atoms with Crippen LogP contribution < -0.4 is 10.2 Å². The van der Waals surface area contributed by atoms with Gasteiger partial charge in [-0.05, 0) is 54.5 Å². The molecular formula is C26H30N2O2S. The molecule has 1 heterocycles. The number of hydrogen-bond donors (Lipinski definition) is 1. The molecule has 0 bridgehead atoms. The first kappa shape index (κ1) is 21.7. The minimum absolute atomic E-state index is 0.0408. The second-order valence-corrected chi connectivity index (χ2v) is 9.85. The first-order valence-electron chi connectivity index (χ1n) is 11.1. The van der Waals surface area contributed by atoms with Crippen molar-refractivity contribution in [1.29, 1.82) is 0 Å². The lowest BCUT2D eigenvalue weighted by molar-refractivity contribution is -0.123. The van der Waals surface area contributed by atoms with Crippen molar-refractivity contribution in [3.63, 3.8) is 0 Å². The zero-order chi connectivity index (χ0) is 22.0. The molecule has 1 aliphatic heterocycles. The number of carbonyl (C=O) groups excluding carboxylic acids is 2. The van der Waals surface area contributed by atoms with Crippen LogP contribution in [-0.4, -0.2) is 24.4 Å². The van der Waals surface area contributed by atoms with Crippen LogP contribution in [-0.2, 0) is 9.59 Å². The van der Waals surface area contributed by atoms with E-state index in [1.54, 1.807) is 4.90 Å². The van der Waals surface area contributed by atoms with E-state index >= 15 is 0 Å². The van der Waals surface area contributed by atoms with Crippen molar-refractivity contribution in [3.8, 4) is 0 Å². The molecule has 31 heavy (non-hydrogen) atoms. The monoisotopic (exact) mass is 434 g/mol. The summed E-state index contributed by atoms with van der Waals surface area (Å²) in [5.41, 5.74) is 2.94. The third-order valence-electron chi connectivity index (χ3n) is 6.66. The number of aryl methyl sites for hydroxylation is 1. The number of amides is 2. The Morgan fingerprint density at radius 3 is 2.68 bits per heavy atom. The summed E-state index contributed by atoms with van der Waals surface area (Å²) in [5.74, 6) is 0.856. The summed E-state index contributed by atoms with van der Waals surface area (Å²) in [6, 6.07) is 16.0. The first-order chi connectivity index (χ1) is 14.9. The van der Waals surface area contributed by atoms with E-state index < -0.39 is 0 Å². The summed E-state index contributed by atoms with van der Waals surface area (Å²) in [5, 5.41) is 3.21. The summed E-state index contributed by atoms with van der Waals surface area (Å²) in [7, 11) is 0. The van der Waals surface area contributed by atoms with Gasteiger partial charge >= 0.3 is 0 Å². The zero-order valence-corrected chi connectivity index (χ0v) is 19.2. The lowest BCUT2D eigenvalue weighted by Crippen LogP contribution is -2.49. The maximum atomic E-state index is 13.4. The fraction of sp³-hybridized carbons (Fsp3) is 0.385. The number of rotatable bonds is 4. The lowest BCUT2D eigenvalue weighted by Gasteiger charge is -2.35. The molecule has 4 nitrogen and oxygen atoms in total. The van der Waals surface area contributed by atoms with E-state index in [1.165, 1.54) is 18.2 Å². The molecule has 162 valence electrons. The average molecular weight is 435 g/mol. The third kappa shape index (κ3) is 4.72. The number of fused-ring (bicyclic) bond motifs is 1. The SMILES string of the molecule is Cc1ccccc1/C=C1\Sc2ccccc2N(CC(=O)N[C@@H]2CCC[C@H](C)[C@@H]2C)C1=O. The van der Waals surface area contributed by atoms with E-state index in [2.05, 4.69) is 19.2 Å². The fourth-order valence-corrected chi connectivity index (χ4v) is 5.54. The van der Waals surface area contributed by atoms with Gasteiger partial charge in [-0.3, -0.25) is 14.5 Å². The molecule has 2 aromatic rings. The summed E-state index contributed by atoms with van der Waals surface area (Å²) >= 11 is 1.47. The van der Waals surface area contributed by atoms with Gasteiger partial charge < -0.3 is 5.32 Å². The summed E-state index contributed by atoms with van der Waals surface area (Å²) in [6.45, 7) is 6.55. The molecule has 0 unspecified atom stereocenters. The fourth-order valence-electron chi connectivity index (χ4n) is 4.49. The number of para-hydroxylation sites is 1. The van der Waals surface area contributed by atoms with E-state index in [0.717, 1.165) is 34.6 Å². The molecule has 2 aromatic carbocycles. The summed E-state index contributed by atoms with van der Waals surface area (Å²) < 4.78 is 0. The van der Waals surface area contributed by atoms with Crippen LogP contribution in [0.3, 0.4) is 0 Å². The van der Waals surface area contributed by atoms with Gasteiger partial charge in [0.1, 0.15) is 6.54 Å². The molecule has 0 aromatic heterocycles. The summed E-state index contributed by atoms with van der Waals surface area (Å²) in [4.78, 5) is 29.6. The second kappa shape index (κ2) is 9.31. The first-order valence-corrected chi connectivity index (χ1v) is 11.9. The Kier molecular flexibility index (Phi) is 6.51. The lowest BCUT2D eigenvalue weighted by atomic mass is 9.78. The molecule has 1 aliphatic carbocycles. The smallest absolute Gasteiger partial charge is 0.265 e. The van der Waals surface area contributed by atoms with Gasteiger partial charge in [0, 0.05) is 10.9 Å². The Morgan fingerprint density at radius 2 is 1.87 bits per heavy atom. The maximum Gasteiger partial charge on any atom is 0.265 e. The molecule has 4 rings (SSSR count). The molecule has 1 N–H and O–H groups in total. The molecular weight excluding hydrogens is 404 g/mol. The minimum atomic E-state index is -0.118. The molecule has 3 atom stereocenters. The van der Waals surface area contributed by atoms with Gasteiger partial charge in [0.05, 0.1) is 10.6 Å². The molecule has 5 heteroatoms. The van der Waals surface area contributed by atoms with E-state index in [4.69, 9.17) is 0 Å². The molecule has 1 fully saturated rings. The van der Waals surface area contributed by atoms with Crippen LogP contribution in [0.5, 0.6) is 0 Å². The predicted molar refractivity (Wildman–Crippen MR) is 128 cm³/mol. The Hall–Kier alpha value is -2.53. The second-order valence-electron chi connectivity index (χ2n) is 8.77. The van der Waals surface area contributed by atoms with Gasteiger partial charge in [0.25, 0.3) is 5.91 Å². The minimum Gasteiger partial charge on any atom is -0.352 e. The van der Waals surface area contributed by atoms with E-state index in [9.17, 15) is 9.59 Å². The van der Waals surface area contributed by atoms with Gasteiger partial charge in [-0.1, -0.05) is 74.8 Å². The molecule has 2 aliphatic rings. The van der Waals surface area contributed by atoms with Gasteiger partial charge in [-0.15, -0.1) is 0 Å². The highest BCUT2D eigenvalue weighted by Crippen LogP contribution is 2.42. The van der Waals surface area contributed by atoms with Crippen LogP contribution in [0, 0.1) is 18.8 Å². The number of anilines is 1. The maximum absolute atomic E-state index is 13.4. The molecule has 0 spiro atoms.